The summed E-state index contributed by atoms with van der Waals surface area (Å²) < 4.78 is 0. The van der Waals surface area contributed by atoms with E-state index in [1.165, 1.54) is 25.0 Å². The minimum atomic E-state index is -0.298. The Morgan fingerprint density at radius 1 is 1.36 bits per heavy atom. The molecule has 0 nitrogen and oxygen atoms in total. The fourth-order valence-electron chi connectivity index (χ4n) is 0.678. The minimum absolute atomic E-state index is 0.298. The molecule has 0 aliphatic heterocycles. The second-order valence-electron chi connectivity index (χ2n) is 2.35. The Kier molecular flexibility index (Phi) is 9.78. The van der Waals surface area contributed by atoms with E-state index in [2.05, 4.69) is 6.92 Å². The summed E-state index contributed by atoms with van der Waals surface area (Å²) in [6.45, 7) is 2.21. The molecule has 0 amide bonds. The van der Waals surface area contributed by atoms with Gasteiger partial charge in [0, 0.05) is 6.42 Å². The van der Waals surface area contributed by atoms with Crippen LogP contribution in [0.15, 0.2) is 0 Å². The Morgan fingerprint density at radius 3 is 2.64 bits per heavy atom. The van der Waals surface area contributed by atoms with E-state index in [4.69, 9.17) is 23.2 Å². The second kappa shape index (κ2) is 9.02. The number of rotatable bonds is 7. The van der Waals surface area contributed by atoms with E-state index in [1.54, 1.807) is 0 Å². The smallest absolute Gasteiger partial charge is 0.111 e. The van der Waals surface area contributed by atoms with Gasteiger partial charge in [0.15, 0.2) is 0 Å². The largest absolute Gasteiger partial charge is 0.162 e. The van der Waals surface area contributed by atoms with Gasteiger partial charge in [0.05, 0.1) is 0 Å². The van der Waals surface area contributed by atoms with Gasteiger partial charge in [-0.15, -0.1) is 23.2 Å². The Labute approximate surface area is 84.0 Å². The van der Waals surface area contributed by atoms with Crippen molar-refractivity contribution in [2.75, 3.05) is 11.5 Å². The van der Waals surface area contributed by atoms with Crippen molar-refractivity contribution >= 4 is 35.0 Å². The summed E-state index contributed by atoms with van der Waals surface area (Å²) in [7, 11) is 0. The van der Waals surface area contributed by atoms with E-state index in [9.17, 15) is 0 Å². The third-order valence-corrected chi connectivity index (χ3v) is 2.65. The van der Waals surface area contributed by atoms with Crippen molar-refractivity contribution in [2.45, 2.75) is 31.0 Å². The van der Waals surface area contributed by atoms with Crippen molar-refractivity contribution in [2.24, 2.45) is 0 Å². The average molecular weight is 214 g/mol. The summed E-state index contributed by atoms with van der Waals surface area (Å²) in [5.74, 6) is 2.20. The Bertz CT molecular complexity index is 76.5. The van der Waals surface area contributed by atoms with E-state index in [0.717, 1.165) is 5.75 Å². The molecule has 0 aliphatic rings. The van der Waals surface area contributed by atoms with Gasteiger partial charge in [-0.1, -0.05) is 19.8 Å². The minimum Gasteiger partial charge on any atom is -0.162 e. The van der Waals surface area contributed by atoms with Gasteiger partial charge >= 0.3 is 0 Å². The van der Waals surface area contributed by atoms with Crippen LogP contribution in [0.5, 0.6) is 0 Å². The van der Waals surface area contributed by atoms with E-state index < -0.39 is 0 Å². The van der Waals surface area contributed by atoms with Crippen molar-refractivity contribution in [1.29, 1.82) is 0 Å². The molecule has 1 radical (unpaired) electrons. The van der Waals surface area contributed by atoms with Crippen LogP contribution in [0.25, 0.3) is 0 Å². The van der Waals surface area contributed by atoms with Gasteiger partial charge in [-0.2, -0.15) is 11.8 Å². The van der Waals surface area contributed by atoms with Crippen LogP contribution in [0.1, 0.15) is 26.2 Å². The Hall–Kier alpha value is 0.930. The lowest BCUT2D eigenvalue weighted by atomic mass is 10.3. The zero-order chi connectivity index (χ0) is 8.53. The lowest BCUT2D eigenvalue weighted by molar-refractivity contribution is 0.779. The second-order valence-corrected chi connectivity index (χ2v) is 4.67. The predicted octanol–water partition coefficient (Wildman–Crippen LogP) is 3.92. The molecule has 3 heteroatoms. The molecule has 0 aromatic heterocycles. The van der Waals surface area contributed by atoms with Crippen LogP contribution in [-0.2, 0) is 0 Å². The predicted molar refractivity (Wildman–Crippen MR) is 56.6 cm³/mol. The maximum atomic E-state index is 5.51. The van der Waals surface area contributed by atoms with E-state index in [-0.39, 0.29) is 4.84 Å². The molecule has 0 bridgehead atoms. The SMILES string of the molecule is CCCCCSC[CH]C(Cl)Cl. The summed E-state index contributed by atoms with van der Waals surface area (Å²) in [5, 5.41) is 0. The van der Waals surface area contributed by atoms with Crippen LogP contribution in [0, 0.1) is 6.42 Å². The van der Waals surface area contributed by atoms with E-state index in [0.29, 0.717) is 0 Å². The number of thioether (sulfide) groups is 1. The van der Waals surface area contributed by atoms with Gasteiger partial charge in [0.2, 0.25) is 0 Å². The van der Waals surface area contributed by atoms with Crippen LogP contribution in [0.3, 0.4) is 0 Å². The topological polar surface area (TPSA) is 0 Å². The van der Waals surface area contributed by atoms with Gasteiger partial charge in [0.25, 0.3) is 0 Å². The van der Waals surface area contributed by atoms with E-state index >= 15 is 0 Å². The van der Waals surface area contributed by atoms with Crippen LogP contribution in [0.2, 0.25) is 0 Å². The van der Waals surface area contributed by atoms with Gasteiger partial charge in [-0.3, -0.25) is 0 Å². The lowest BCUT2D eigenvalue weighted by Crippen LogP contribution is -1.92. The summed E-state index contributed by atoms with van der Waals surface area (Å²) in [6.07, 6.45) is 5.85. The standard InChI is InChI=1S/C8H15Cl2S/c1-2-3-4-6-11-7-5-8(9)10/h5,8H,2-4,6-7H2,1H3. The number of alkyl halides is 2. The highest BCUT2D eigenvalue weighted by molar-refractivity contribution is 7.99. The highest BCUT2D eigenvalue weighted by atomic mass is 35.5. The number of unbranched alkanes of at least 4 members (excludes halogenated alkanes) is 2. The molecule has 0 spiro atoms. The number of hydrogen-bond acceptors (Lipinski definition) is 1. The van der Waals surface area contributed by atoms with Crippen molar-refractivity contribution in [3.05, 3.63) is 6.42 Å². The summed E-state index contributed by atoms with van der Waals surface area (Å²) in [6, 6.07) is 0. The normalized spacial score (nSPS) is 10.9. The van der Waals surface area contributed by atoms with E-state index in [1.807, 2.05) is 18.2 Å². The van der Waals surface area contributed by atoms with Gasteiger partial charge in [-0.05, 0) is 17.9 Å². The van der Waals surface area contributed by atoms with Crippen molar-refractivity contribution < 1.29 is 0 Å². The maximum Gasteiger partial charge on any atom is 0.111 e. The summed E-state index contributed by atoms with van der Waals surface area (Å²) >= 11 is 12.9. The third kappa shape index (κ3) is 10.9. The highest BCUT2D eigenvalue weighted by Gasteiger charge is 1.97. The van der Waals surface area contributed by atoms with Crippen LogP contribution in [-0.4, -0.2) is 16.3 Å². The molecule has 0 aromatic carbocycles. The molecule has 0 rings (SSSR count). The van der Waals surface area contributed by atoms with Gasteiger partial charge in [0.1, 0.15) is 4.84 Å². The zero-order valence-electron chi connectivity index (χ0n) is 6.85. The Morgan fingerprint density at radius 2 is 2.09 bits per heavy atom. The molecule has 0 saturated carbocycles. The first-order valence-corrected chi connectivity index (χ1v) is 5.99. The molecule has 67 valence electrons. The first-order valence-electron chi connectivity index (χ1n) is 3.96. The molecule has 0 aliphatic carbocycles. The molecule has 0 heterocycles. The maximum absolute atomic E-state index is 5.51. The molecule has 0 unspecified atom stereocenters. The quantitative estimate of drug-likeness (QED) is 0.457. The lowest BCUT2D eigenvalue weighted by Gasteiger charge is -2.00. The molecule has 0 atom stereocenters. The monoisotopic (exact) mass is 213 g/mol. The zero-order valence-corrected chi connectivity index (χ0v) is 9.18. The molecular formula is C8H15Cl2S. The average Bonchev–Trinajstić information content (AvgIpc) is 1.96. The first kappa shape index (κ1) is 11.9. The molecule has 11 heavy (non-hydrogen) atoms. The highest BCUT2D eigenvalue weighted by Crippen LogP contribution is 2.12. The molecule has 0 saturated heterocycles. The van der Waals surface area contributed by atoms with Crippen molar-refractivity contribution in [1.82, 2.24) is 0 Å². The van der Waals surface area contributed by atoms with Crippen LogP contribution >= 0.6 is 35.0 Å². The fraction of sp³-hybridized carbons (Fsp3) is 0.875. The molecule has 0 fully saturated rings. The number of hydrogen-bond donors (Lipinski definition) is 0. The van der Waals surface area contributed by atoms with Crippen molar-refractivity contribution in [3.63, 3.8) is 0 Å². The van der Waals surface area contributed by atoms with Crippen molar-refractivity contribution in [3.8, 4) is 0 Å². The summed E-state index contributed by atoms with van der Waals surface area (Å²) in [4.78, 5) is -0.298. The first-order chi connectivity index (χ1) is 5.27. The Balaban J connectivity index is 2.80. The summed E-state index contributed by atoms with van der Waals surface area (Å²) in [5.41, 5.74) is 0. The van der Waals surface area contributed by atoms with Gasteiger partial charge in [-0.25, -0.2) is 0 Å². The van der Waals surface area contributed by atoms with Gasteiger partial charge < -0.3 is 0 Å². The van der Waals surface area contributed by atoms with Crippen LogP contribution < -0.4 is 0 Å². The number of halogens is 2. The van der Waals surface area contributed by atoms with Crippen LogP contribution in [0.4, 0.5) is 0 Å². The molecular weight excluding hydrogens is 199 g/mol. The molecule has 0 aromatic rings. The fourth-order valence-corrected chi connectivity index (χ4v) is 1.97. The third-order valence-electron chi connectivity index (χ3n) is 1.28. The molecule has 0 N–H and O–H groups in total.